The molecule has 0 rings (SSSR count). The molecular formula is C7H12O4. The zero-order valence-corrected chi connectivity index (χ0v) is 6.45. The van der Waals surface area contributed by atoms with Crippen LogP contribution >= 0.6 is 0 Å². The van der Waals surface area contributed by atoms with Crippen LogP contribution in [0.25, 0.3) is 0 Å². The minimum absolute atomic E-state index is 0.0348. The van der Waals surface area contributed by atoms with Gasteiger partial charge in [0.05, 0.1) is 6.61 Å². The second-order valence-electron chi connectivity index (χ2n) is 1.77. The first-order chi connectivity index (χ1) is 5.31. The van der Waals surface area contributed by atoms with Gasteiger partial charge in [0.15, 0.2) is 0 Å². The van der Waals surface area contributed by atoms with Gasteiger partial charge in [-0.15, -0.1) is 0 Å². The van der Waals surface area contributed by atoms with Crippen LogP contribution in [0.5, 0.6) is 0 Å². The molecule has 11 heavy (non-hydrogen) atoms. The fourth-order valence-electron chi connectivity index (χ4n) is 0.443. The van der Waals surface area contributed by atoms with Crippen LogP contribution < -0.4 is 0 Å². The predicted molar refractivity (Wildman–Crippen MR) is 39.1 cm³/mol. The molecule has 0 bridgehead atoms. The van der Waals surface area contributed by atoms with E-state index >= 15 is 0 Å². The minimum atomic E-state index is -0.407. The summed E-state index contributed by atoms with van der Waals surface area (Å²) in [4.78, 5) is 10.6. The third kappa shape index (κ3) is 7.02. The van der Waals surface area contributed by atoms with Crippen molar-refractivity contribution in [2.24, 2.45) is 0 Å². The van der Waals surface area contributed by atoms with Crippen LogP contribution in [0.15, 0.2) is 12.2 Å². The third-order valence-electron chi connectivity index (χ3n) is 0.875. The van der Waals surface area contributed by atoms with E-state index in [1.165, 1.54) is 13.2 Å². The first kappa shape index (κ1) is 10.1. The van der Waals surface area contributed by atoms with Crippen LogP contribution in [0.1, 0.15) is 0 Å². The second-order valence-corrected chi connectivity index (χ2v) is 1.77. The number of carbonyl (C=O) groups is 1. The summed E-state index contributed by atoms with van der Waals surface area (Å²) in [5.74, 6) is -0.407. The van der Waals surface area contributed by atoms with Gasteiger partial charge >= 0.3 is 5.97 Å². The molecule has 0 aromatic carbocycles. The number of esters is 1. The Morgan fingerprint density at radius 1 is 1.55 bits per heavy atom. The lowest BCUT2D eigenvalue weighted by Gasteiger charge is -1.98. The van der Waals surface area contributed by atoms with Gasteiger partial charge in [-0.05, 0) is 6.08 Å². The molecule has 0 amide bonds. The van der Waals surface area contributed by atoms with Crippen LogP contribution in [-0.2, 0) is 14.3 Å². The Hall–Kier alpha value is -0.870. The Bertz CT molecular complexity index is 130. The highest BCUT2D eigenvalue weighted by molar-refractivity contribution is 5.70. The average molecular weight is 160 g/mol. The molecule has 0 radical (unpaired) electrons. The van der Waals surface area contributed by atoms with Crippen molar-refractivity contribution in [3.8, 4) is 0 Å². The average Bonchev–Trinajstić information content (AvgIpc) is 1.99. The van der Waals surface area contributed by atoms with E-state index in [4.69, 9.17) is 5.11 Å². The van der Waals surface area contributed by atoms with Crippen molar-refractivity contribution in [2.75, 3.05) is 26.9 Å². The zero-order valence-electron chi connectivity index (χ0n) is 6.45. The number of rotatable bonds is 5. The third-order valence-corrected chi connectivity index (χ3v) is 0.875. The Morgan fingerprint density at radius 2 is 2.27 bits per heavy atom. The first-order valence-corrected chi connectivity index (χ1v) is 3.21. The highest BCUT2D eigenvalue weighted by Gasteiger charge is 1.97. The van der Waals surface area contributed by atoms with Gasteiger partial charge in [0.2, 0.25) is 0 Å². The highest BCUT2D eigenvalue weighted by atomic mass is 16.6. The maximum Gasteiger partial charge on any atom is 0.332 e. The van der Waals surface area contributed by atoms with Crippen molar-refractivity contribution in [1.82, 2.24) is 0 Å². The van der Waals surface area contributed by atoms with Crippen LogP contribution in [0.2, 0.25) is 0 Å². The van der Waals surface area contributed by atoms with Crippen molar-refractivity contribution in [1.29, 1.82) is 0 Å². The van der Waals surface area contributed by atoms with E-state index < -0.39 is 5.97 Å². The van der Waals surface area contributed by atoms with Gasteiger partial charge in [-0.2, -0.15) is 0 Å². The van der Waals surface area contributed by atoms with Crippen LogP contribution in [-0.4, -0.2) is 38.0 Å². The summed E-state index contributed by atoms with van der Waals surface area (Å²) in [5, 5.41) is 8.28. The van der Waals surface area contributed by atoms with Gasteiger partial charge in [0, 0.05) is 7.11 Å². The van der Waals surface area contributed by atoms with E-state index in [2.05, 4.69) is 9.47 Å². The topological polar surface area (TPSA) is 55.8 Å². The molecular weight excluding hydrogens is 148 g/mol. The fraction of sp³-hybridized carbons (Fsp3) is 0.571. The van der Waals surface area contributed by atoms with Gasteiger partial charge in [-0.1, -0.05) is 6.08 Å². The Labute approximate surface area is 65.4 Å². The Balaban J connectivity index is 3.24. The van der Waals surface area contributed by atoms with Gasteiger partial charge < -0.3 is 14.6 Å². The lowest BCUT2D eigenvalue weighted by Crippen LogP contribution is -2.10. The molecule has 0 spiro atoms. The summed E-state index contributed by atoms with van der Waals surface area (Å²) in [6.07, 6.45) is 3.06. The molecule has 0 aliphatic carbocycles. The minimum Gasteiger partial charge on any atom is -0.460 e. The van der Waals surface area contributed by atoms with Crippen molar-refractivity contribution in [2.45, 2.75) is 0 Å². The number of ether oxygens (including phenoxy) is 2. The smallest absolute Gasteiger partial charge is 0.332 e. The van der Waals surface area contributed by atoms with E-state index in [-0.39, 0.29) is 19.8 Å². The number of carbonyl (C=O) groups excluding carboxylic acids is 1. The normalized spacial score (nSPS) is 10.4. The van der Waals surface area contributed by atoms with E-state index in [9.17, 15) is 4.79 Å². The highest BCUT2D eigenvalue weighted by Crippen LogP contribution is 1.80. The molecule has 0 saturated heterocycles. The summed E-state index contributed by atoms with van der Waals surface area (Å²) in [7, 11) is 1.42. The van der Waals surface area contributed by atoms with E-state index in [1.54, 1.807) is 6.08 Å². The van der Waals surface area contributed by atoms with Crippen molar-refractivity contribution in [3.63, 3.8) is 0 Å². The molecule has 64 valence electrons. The molecule has 0 aliphatic rings. The monoisotopic (exact) mass is 160 g/mol. The molecule has 0 aromatic rings. The molecule has 4 nitrogen and oxygen atoms in total. The second kappa shape index (κ2) is 7.24. The summed E-state index contributed by atoms with van der Waals surface area (Å²) in [6, 6.07) is 0. The summed E-state index contributed by atoms with van der Waals surface area (Å²) >= 11 is 0. The molecule has 0 heterocycles. The number of aliphatic hydroxyl groups excluding tert-OH is 1. The Kier molecular flexibility index (Phi) is 6.67. The van der Waals surface area contributed by atoms with Crippen LogP contribution in [0, 0.1) is 0 Å². The molecule has 0 aromatic heterocycles. The molecule has 1 N–H and O–H groups in total. The summed E-state index contributed by atoms with van der Waals surface area (Å²) in [6.45, 7) is 0.109. The van der Waals surface area contributed by atoms with Crippen molar-refractivity contribution in [3.05, 3.63) is 12.2 Å². The van der Waals surface area contributed by atoms with Crippen LogP contribution in [0.3, 0.4) is 0 Å². The van der Waals surface area contributed by atoms with Gasteiger partial charge in [0.1, 0.15) is 13.2 Å². The van der Waals surface area contributed by atoms with Crippen LogP contribution in [0.4, 0.5) is 0 Å². The van der Waals surface area contributed by atoms with Gasteiger partial charge in [-0.25, -0.2) is 4.79 Å². The number of methoxy groups -OCH3 is 1. The quantitative estimate of drug-likeness (QED) is 0.444. The molecule has 4 heteroatoms. The Morgan fingerprint density at radius 3 is 2.82 bits per heavy atom. The molecule has 0 saturated carbocycles. The standard InChI is InChI=1S/C7H12O4/c1-10-6-7(9)11-5-3-2-4-8/h2-3,8H,4-6H2,1H3/b3-2+. The van der Waals surface area contributed by atoms with Gasteiger partial charge in [0.25, 0.3) is 0 Å². The number of hydrogen-bond donors (Lipinski definition) is 1. The summed E-state index contributed by atoms with van der Waals surface area (Å²) < 4.78 is 9.14. The fourth-order valence-corrected chi connectivity index (χ4v) is 0.443. The number of aliphatic hydroxyl groups is 1. The lowest BCUT2D eigenvalue weighted by atomic mass is 10.5. The predicted octanol–water partition coefficient (Wildman–Crippen LogP) is -0.275. The van der Waals surface area contributed by atoms with E-state index in [1.807, 2.05) is 0 Å². The maximum atomic E-state index is 10.6. The number of hydrogen-bond acceptors (Lipinski definition) is 4. The van der Waals surface area contributed by atoms with E-state index in [0.29, 0.717) is 0 Å². The maximum absolute atomic E-state index is 10.6. The SMILES string of the molecule is COCC(=O)OC/C=C/CO. The lowest BCUT2D eigenvalue weighted by molar-refractivity contribution is -0.146. The molecule has 0 unspecified atom stereocenters. The largest absolute Gasteiger partial charge is 0.460 e. The van der Waals surface area contributed by atoms with Crippen molar-refractivity contribution < 1.29 is 19.4 Å². The first-order valence-electron chi connectivity index (χ1n) is 3.21. The molecule has 0 aliphatic heterocycles. The zero-order chi connectivity index (χ0) is 8.53. The molecule has 0 fully saturated rings. The van der Waals surface area contributed by atoms with Crippen molar-refractivity contribution >= 4 is 5.97 Å². The molecule has 0 atom stereocenters. The van der Waals surface area contributed by atoms with E-state index in [0.717, 1.165) is 0 Å². The summed E-state index contributed by atoms with van der Waals surface area (Å²) in [5.41, 5.74) is 0. The van der Waals surface area contributed by atoms with Gasteiger partial charge in [-0.3, -0.25) is 0 Å².